The van der Waals surface area contributed by atoms with Crippen LogP contribution in [0.2, 0.25) is 0 Å². The summed E-state index contributed by atoms with van der Waals surface area (Å²) in [6, 6.07) is 7.20. The van der Waals surface area contributed by atoms with Crippen molar-refractivity contribution in [2.45, 2.75) is 20.3 Å². The molecule has 0 spiro atoms. The lowest BCUT2D eigenvalue weighted by Gasteiger charge is -2.09. The molecule has 17 heavy (non-hydrogen) atoms. The molecule has 0 saturated heterocycles. The van der Waals surface area contributed by atoms with Crippen LogP contribution in [0.4, 0.5) is 0 Å². The van der Waals surface area contributed by atoms with Gasteiger partial charge in [0, 0.05) is 0 Å². The lowest BCUT2D eigenvalue weighted by molar-refractivity contribution is 0.0477. The molecule has 92 valence electrons. The molecule has 1 aromatic rings. The molecule has 2 atom stereocenters. The molecule has 0 heterocycles. The molecule has 1 aliphatic carbocycles. The van der Waals surface area contributed by atoms with E-state index < -0.39 is 0 Å². The molecule has 0 radical (unpaired) electrons. The number of hydrogen-bond acceptors (Lipinski definition) is 3. The fourth-order valence-electron chi connectivity index (χ4n) is 1.81. The number of hydrogen-bond donors (Lipinski definition) is 0. The van der Waals surface area contributed by atoms with Crippen LogP contribution in [0.15, 0.2) is 24.3 Å². The zero-order valence-electron chi connectivity index (χ0n) is 10.3. The zero-order chi connectivity index (χ0) is 12.3. The average Bonchev–Trinajstić information content (AvgIpc) is 3.03. The van der Waals surface area contributed by atoms with Crippen molar-refractivity contribution in [3.63, 3.8) is 0 Å². The van der Waals surface area contributed by atoms with Gasteiger partial charge in [-0.15, -0.1) is 0 Å². The molecule has 2 rings (SSSR count). The fraction of sp³-hybridized carbons (Fsp3) is 0.500. The lowest BCUT2D eigenvalue weighted by atomic mass is 10.2. The average molecular weight is 234 g/mol. The van der Waals surface area contributed by atoms with Crippen molar-refractivity contribution < 1.29 is 14.3 Å². The van der Waals surface area contributed by atoms with Crippen LogP contribution < -0.4 is 4.74 Å². The molecule has 0 amide bonds. The maximum atomic E-state index is 11.9. The van der Waals surface area contributed by atoms with Crippen LogP contribution >= 0.6 is 0 Å². The van der Waals surface area contributed by atoms with Gasteiger partial charge in [-0.2, -0.15) is 0 Å². The summed E-state index contributed by atoms with van der Waals surface area (Å²) in [4.78, 5) is 11.9. The normalized spacial score (nSPS) is 22.0. The van der Waals surface area contributed by atoms with E-state index in [1.165, 1.54) is 6.42 Å². The minimum absolute atomic E-state index is 0.284. The molecular formula is C14H18O3. The largest absolute Gasteiger partial charge is 0.493 e. The Morgan fingerprint density at radius 1 is 1.41 bits per heavy atom. The van der Waals surface area contributed by atoms with Gasteiger partial charge in [0.1, 0.15) is 11.3 Å². The molecule has 1 saturated carbocycles. The van der Waals surface area contributed by atoms with Gasteiger partial charge in [-0.3, -0.25) is 0 Å². The summed E-state index contributed by atoms with van der Waals surface area (Å²) >= 11 is 0. The topological polar surface area (TPSA) is 35.5 Å². The van der Waals surface area contributed by atoms with Crippen LogP contribution in [0.3, 0.4) is 0 Å². The van der Waals surface area contributed by atoms with Gasteiger partial charge in [0.05, 0.1) is 13.2 Å². The van der Waals surface area contributed by atoms with E-state index in [-0.39, 0.29) is 5.97 Å². The monoisotopic (exact) mass is 234 g/mol. The van der Waals surface area contributed by atoms with Crippen molar-refractivity contribution >= 4 is 5.97 Å². The number of para-hydroxylation sites is 1. The van der Waals surface area contributed by atoms with Gasteiger partial charge >= 0.3 is 5.97 Å². The van der Waals surface area contributed by atoms with Gasteiger partial charge < -0.3 is 9.47 Å². The smallest absolute Gasteiger partial charge is 0.341 e. The summed E-state index contributed by atoms with van der Waals surface area (Å²) in [5, 5.41) is 0. The number of esters is 1. The van der Waals surface area contributed by atoms with Gasteiger partial charge in [0.15, 0.2) is 0 Å². The second-order valence-electron chi connectivity index (χ2n) is 4.50. The molecule has 0 bridgehead atoms. The third-order valence-electron chi connectivity index (χ3n) is 3.11. The van der Waals surface area contributed by atoms with E-state index in [4.69, 9.17) is 9.47 Å². The molecule has 2 unspecified atom stereocenters. The fourth-order valence-corrected chi connectivity index (χ4v) is 1.81. The summed E-state index contributed by atoms with van der Waals surface area (Å²) in [6.45, 7) is 5.14. The second-order valence-corrected chi connectivity index (χ2v) is 4.50. The van der Waals surface area contributed by atoms with E-state index >= 15 is 0 Å². The molecule has 1 fully saturated rings. The Balaban J connectivity index is 1.97. The maximum absolute atomic E-state index is 11.9. The Labute approximate surface area is 102 Å². The summed E-state index contributed by atoms with van der Waals surface area (Å²) < 4.78 is 10.7. The molecule has 3 heteroatoms. The van der Waals surface area contributed by atoms with Gasteiger partial charge in [-0.1, -0.05) is 19.1 Å². The highest BCUT2D eigenvalue weighted by molar-refractivity contribution is 5.92. The molecule has 0 aromatic heterocycles. The summed E-state index contributed by atoms with van der Waals surface area (Å²) in [7, 11) is 0. The van der Waals surface area contributed by atoms with Gasteiger partial charge in [0.2, 0.25) is 0 Å². The Kier molecular flexibility index (Phi) is 3.67. The molecule has 0 N–H and O–H groups in total. The second kappa shape index (κ2) is 5.21. The van der Waals surface area contributed by atoms with Crippen molar-refractivity contribution in [3.05, 3.63) is 29.8 Å². The van der Waals surface area contributed by atoms with E-state index in [2.05, 4.69) is 6.92 Å². The maximum Gasteiger partial charge on any atom is 0.341 e. The predicted molar refractivity (Wildman–Crippen MR) is 65.2 cm³/mol. The number of benzene rings is 1. The molecule has 1 aliphatic rings. The quantitative estimate of drug-likeness (QED) is 0.735. The Bertz CT molecular complexity index is 400. The van der Waals surface area contributed by atoms with Crippen LogP contribution in [0.5, 0.6) is 5.75 Å². The van der Waals surface area contributed by atoms with Crippen LogP contribution in [-0.4, -0.2) is 19.2 Å². The van der Waals surface area contributed by atoms with E-state index in [1.54, 1.807) is 12.1 Å². The first kappa shape index (κ1) is 12.0. The Morgan fingerprint density at radius 3 is 2.76 bits per heavy atom. The number of ether oxygens (including phenoxy) is 2. The van der Waals surface area contributed by atoms with Crippen molar-refractivity contribution in [1.82, 2.24) is 0 Å². The summed E-state index contributed by atoms with van der Waals surface area (Å²) in [6.07, 6.45) is 1.17. The van der Waals surface area contributed by atoms with Crippen LogP contribution in [0, 0.1) is 11.8 Å². The van der Waals surface area contributed by atoms with E-state index in [9.17, 15) is 4.79 Å². The predicted octanol–water partition coefficient (Wildman–Crippen LogP) is 2.90. The molecular weight excluding hydrogens is 216 g/mol. The lowest BCUT2D eigenvalue weighted by Crippen LogP contribution is -2.10. The van der Waals surface area contributed by atoms with Crippen molar-refractivity contribution in [2.75, 3.05) is 13.2 Å². The highest BCUT2D eigenvalue weighted by atomic mass is 16.5. The number of rotatable bonds is 5. The van der Waals surface area contributed by atoms with Crippen molar-refractivity contribution in [1.29, 1.82) is 0 Å². The first-order valence-electron chi connectivity index (χ1n) is 6.11. The third kappa shape index (κ3) is 2.99. The van der Waals surface area contributed by atoms with Gasteiger partial charge in [-0.05, 0) is 37.3 Å². The first-order chi connectivity index (χ1) is 8.22. The number of carbonyl (C=O) groups is 1. The van der Waals surface area contributed by atoms with Crippen molar-refractivity contribution in [3.8, 4) is 5.75 Å². The van der Waals surface area contributed by atoms with Crippen LogP contribution in [0.1, 0.15) is 30.6 Å². The Hall–Kier alpha value is -1.51. The molecule has 0 aliphatic heterocycles. The van der Waals surface area contributed by atoms with E-state index in [0.717, 1.165) is 0 Å². The molecule has 3 nitrogen and oxygen atoms in total. The Morgan fingerprint density at radius 2 is 2.12 bits per heavy atom. The zero-order valence-corrected chi connectivity index (χ0v) is 10.3. The van der Waals surface area contributed by atoms with E-state index in [0.29, 0.717) is 36.4 Å². The molecule has 1 aromatic carbocycles. The summed E-state index contributed by atoms with van der Waals surface area (Å²) in [5.41, 5.74) is 0.516. The van der Waals surface area contributed by atoms with Crippen LogP contribution in [0.25, 0.3) is 0 Å². The SMILES string of the molecule is CCOc1ccccc1C(=O)OCC1CC1C. The number of carbonyl (C=O) groups excluding carboxylic acids is 1. The highest BCUT2D eigenvalue weighted by Crippen LogP contribution is 2.37. The minimum Gasteiger partial charge on any atom is -0.493 e. The first-order valence-corrected chi connectivity index (χ1v) is 6.11. The third-order valence-corrected chi connectivity index (χ3v) is 3.11. The van der Waals surface area contributed by atoms with Gasteiger partial charge in [0.25, 0.3) is 0 Å². The minimum atomic E-state index is -0.284. The highest BCUT2D eigenvalue weighted by Gasteiger charge is 2.33. The van der Waals surface area contributed by atoms with Crippen molar-refractivity contribution in [2.24, 2.45) is 11.8 Å². The van der Waals surface area contributed by atoms with Crippen LogP contribution in [-0.2, 0) is 4.74 Å². The standard InChI is InChI=1S/C14H18O3/c1-3-16-13-7-5-4-6-12(13)14(15)17-9-11-8-10(11)2/h4-7,10-11H,3,8-9H2,1-2H3. The van der Waals surface area contributed by atoms with E-state index in [1.807, 2.05) is 19.1 Å². The summed E-state index contributed by atoms with van der Waals surface area (Å²) in [5.74, 6) is 1.57. The van der Waals surface area contributed by atoms with Gasteiger partial charge in [-0.25, -0.2) is 4.79 Å².